The first-order valence-corrected chi connectivity index (χ1v) is 13.9. The molecule has 0 radical (unpaired) electrons. The number of benzene rings is 3. The van der Waals surface area contributed by atoms with Crippen molar-refractivity contribution in [1.82, 2.24) is 5.06 Å². The van der Waals surface area contributed by atoms with Crippen LogP contribution in [-0.4, -0.2) is 38.8 Å². The number of hydroxylamine groups is 2. The van der Waals surface area contributed by atoms with Crippen LogP contribution in [0.5, 0.6) is 5.75 Å². The van der Waals surface area contributed by atoms with Crippen LogP contribution in [0.3, 0.4) is 0 Å². The number of allylic oxidation sites excluding steroid dienone is 4. The lowest BCUT2D eigenvalue weighted by atomic mass is 9.44. The molecule has 0 bridgehead atoms. The van der Waals surface area contributed by atoms with Gasteiger partial charge >= 0.3 is 0 Å². The van der Waals surface area contributed by atoms with Gasteiger partial charge < -0.3 is 5.11 Å². The summed E-state index contributed by atoms with van der Waals surface area (Å²) in [6.45, 7) is 0. The van der Waals surface area contributed by atoms with E-state index in [1.54, 1.807) is 54.6 Å². The Labute approximate surface area is 240 Å². The number of ketones is 2. The lowest BCUT2D eigenvalue weighted by Gasteiger charge is -2.55. The first-order chi connectivity index (χ1) is 20.2. The molecule has 1 heterocycles. The lowest BCUT2D eigenvalue weighted by Crippen LogP contribution is -2.58. The topological polar surface area (TPSA) is 112 Å². The number of rotatable bonds is 3. The van der Waals surface area contributed by atoms with Crippen LogP contribution in [0.15, 0.2) is 96.6 Å². The molecule has 210 valence electrons. The Morgan fingerprint density at radius 2 is 1.55 bits per heavy atom. The average Bonchev–Trinajstić information content (AvgIpc) is 3.23. The van der Waals surface area contributed by atoms with Crippen molar-refractivity contribution in [3.63, 3.8) is 0 Å². The molecule has 1 aliphatic heterocycles. The molecule has 7 rings (SSSR count). The van der Waals surface area contributed by atoms with Crippen molar-refractivity contribution in [3.8, 4) is 5.75 Å². The molecule has 3 aromatic rings. The van der Waals surface area contributed by atoms with Crippen LogP contribution in [0, 0.1) is 29.5 Å². The zero-order valence-electron chi connectivity index (χ0n) is 22.3. The van der Waals surface area contributed by atoms with Crippen molar-refractivity contribution >= 4 is 29.0 Å². The molecule has 1 saturated carbocycles. The maximum absolute atomic E-state index is 15.0. The minimum atomic E-state index is -1.49. The lowest BCUT2D eigenvalue weighted by molar-refractivity contribution is -0.173. The summed E-state index contributed by atoms with van der Waals surface area (Å²) in [6, 6.07) is 21.8. The zero-order chi connectivity index (χ0) is 29.3. The maximum atomic E-state index is 15.0. The Hall–Kier alpha value is -4.69. The Morgan fingerprint density at radius 1 is 0.857 bits per heavy atom. The number of hydrogen-bond acceptors (Lipinski definition) is 6. The molecule has 0 spiro atoms. The normalized spacial score (nSPS) is 30.3. The van der Waals surface area contributed by atoms with E-state index in [2.05, 4.69) is 0 Å². The summed E-state index contributed by atoms with van der Waals surface area (Å²) in [5, 5.41) is 20.5. The van der Waals surface area contributed by atoms with E-state index in [1.165, 1.54) is 24.3 Å². The first-order valence-electron chi connectivity index (χ1n) is 13.9. The molecule has 2 N–H and O–H groups in total. The van der Waals surface area contributed by atoms with E-state index in [0.29, 0.717) is 22.3 Å². The third-order valence-corrected chi connectivity index (χ3v) is 9.66. The first kappa shape index (κ1) is 26.2. The van der Waals surface area contributed by atoms with Gasteiger partial charge in [-0.1, -0.05) is 78.4 Å². The summed E-state index contributed by atoms with van der Waals surface area (Å²) in [7, 11) is 0. The van der Waals surface area contributed by atoms with Crippen molar-refractivity contribution in [2.75, 3.05) is 0 Å². The molecule has 4 aliphatic rings. The minimum Gasteiger partial charge on any atom is -0.505 e. The van der Waals surface area contributed by atoms with Gasteiger partial charge in [0.2, 0.25) is 0 Å². The van der Waals surface area contributed by atoms with Gasteiger partial charge in [0, 0.05) is 17.4 Å². The molecule has 6 atom stereocenters. The number of nitrogens with zero attached hydrogens (tertiary/aromatic N) is 1. The molecule has 7 nitrogen and oxygen atoms in total. The molecular weight excluding hydrogens is 537 g/mol. The smallest absolute Gasteiger partial charge is 0.257 e. The van der Waals surface area contributed by atoms with Gasteiger partial charge in [0.1, 0.15) is 0 Å². The number of halogens is 1. The van der Waals surface area contributed by atoms with E-state index < -0.39 is 58.4 Å². The monoisotopic (exact) mass is 563 g/mol. The van der Waals surface area contributed by atoms with Crippen molar-refractivity contribution < 1.29 is 33.9 Å². The van der Waals surface area contributed by atoms with Gasteiger partial charge in [0.15, 0.2) is 23.1 Å². The van der Waals surface area contributed by atoms with Crippen LogP contribution in [0.1, 0.15) is 35.4 Å². The number of imide groups is 1. The van der Waals surface area contributed by atoms with Crippen molar-refractivity contribution in [2.24, 2.45) is 23.7 Å². The van der Waals surface area contributed by atoms with Gasteiger partial charge in [-0.05, 0) is 53.7 Å². The molecule has 3 aromatic carbocycles. The van der Waals surface area contributed by atoms with Crippen LogP contribution < -0.4 is 0 Å². The number of fused-ring (bicyclic) bond motifs is 4. The second-order valence-corrected chi connectivity index (χ2v) is 11.5. The zero-order valence-corrected chi connectivity index (χ0v) is 22.3. The van der Waals surface area contributed by atoms with Gasteiger partial charge in [0.05, 0.1) is 17.3 Å². The Balaban J connectivity index is 1.53. The van der Waals surface area contributed by atoms with E-state index in [-0.39, 0.29) is 35.0 Å². The summed E-state index contributed by atoms with van der Waals surface area (Å²) in [5.74, 6) is -7.71. The number of carbonyl (C=O) groups is 4. The fourth-order valence-electron chi connectivity index (χ4n) is 7.94. The van der Waals surface area contributed by atoms with E-state index in [0.717, 1.165) is 0 Å². The Kier molecular flexibility index (Phi) is 5.88. The highest BCUT2D eigenvalue weighted by Gasteiger charge is 2.65. The summed E-state index contributed by atoms with van der Waals surface area (Å²) in [5.41, 5.74) is 0.944. The molecule has 3 aliphatic carbocycles. The third-order valence-electron chi connectivity index (χ3n) is 9.66. The largest absolute Gasteiger partial charge is 0.505 e. The van der Waals surface area contributed by atoms with Gasteiger partial charge in [-0.15, -0.1) is 0 Å². The predicted molar refractivity (Wildman–Crippen MR) is 148 cm³/mol. The average molecular weight is 564 g/mol. The van der Waals surface area contributed by atoms with Crippen LogP contribution in [0.25, 0.3) is 5.57 Å². The van der Waals surface area contributed by atoms with Crippen LogP contribution in [0.4, 0.5) is 4.39 Å². The van der Waals surface area contributed by atoms with Crippen LogP contribution in [-0.2, 0) is 24.6 Å². The highest BCUT2D eigenvalue weighted by atomic mass is 19.1. The van der Waals surface area contributed by atoms with Crippen molar-refractivity contribution in [1.29, 1.82) is 0 Å². The second-order valence-electron chi connectivity index (χ2n) is 11.5. The van der Waals surface area contributed by atoms with E-state index in [9.17, 15) is 33.9 Å². The predicted octanol–water partition coefficient (Wildman–Crippen LogP) is 4.74. The van der Waals surface area contributed by atoms with E-state index in [1.807, 2.05) is 12.1 Å². The summed E-state index contributed by atoms with van der Waals surface area (Å²) >= 11 is 0. The molecule has 2 amide bonds. The summed E-state index contributed by atoms with van der Waals surface area (Å²) in [4.78, 5) is 55.4. The molecule has 42 heavy (non-hydrogen) atoms. The highest BCUT2D eigenvalue weighted by molar-refractivity contribution is 6.31. The molecule has 8 heteroatoms. The number of Topliss-reactive ketones (excluding diaryl/α,β-unsaturated/α-hetero) is 1. The standard InChI is InChI=1S/C34H26FNO6/c35-26-15-19(11-14-27(26)37)30-21-12-13-22-29(33(41)36(42)32(22)40)24(21)16-25-31(39)23(18-7-3-1-4-8-18)17-28(38)34(25,30)20-9-5-2-6-10-20/h1-12,14-15,17,22,24-25,29-30,37,42H,13,16H2/t22-,24+,25-,29-,30-,34-/m0/s1. The number of phenols is 1. The van der Waals surface area contributed by atoms with Crippen LogP contribution >= 0.6 is 0 Å². The second kappa shape index (κ2) is 9.42. The molecular formula is C34H26FNO6. The Morgan fingerprint density at radius 3 is 2.24 bits per heavy atom. The maximum Gasteiger partial charge on any atom is 0.257 e. The van der Waals surface area contributed by atoms with E-state index >= 15 is 0 Å². The quantitative estimate of drug-likeness (QED) is 0.270. The van der Waals surface area contributed by atoms with E-state index in [4.69, 9.17) is 0 Å². The molecule has 2 fully saturated rings. The number of phenolic OH excluding ortho intramolecular Hbond substituents is 1. The van der Waals surface area contributed by atoms with Gasteiger partial charge in [-0.3, -0.25) is 24.4 Å². The fraction of sp³-hybridized carbons (Fsp3) is 0.235. The molecule has 0 aromatic heterocycles. The number of carbonyl (C=O) groups excluding carboxylic acids is 4. The summed E-state index contributed by atoms with van der Waals surface area (Å²) in [6.07, 6.45) is 3.44. The Bertz CT molecular complexity index is 1730. The van der Waals surface area contributed by atoms with Crippen LogP contribution in [0.2, 0.25) is 0 Å². The van der Waals surface area contributed by atoms with Crippen molar-refractivity contribution in [2.45, 2.75) is 24.2 Å². The fourth-order valence-corrected chi connectivity index (χ4v) is 7.94. The van der Waals surface area contributed by atoms with Gasteiger partial charge in [-0.25, -0.2) is 4.39 Å². The van der Waals surface area contributed by atoms with Gasteiger partial charge in [0.25, 0.3) is 11.8 Å². The van der Waals surface area contributed by atoms with Gasteiger partial charge in [-0.2, -0.15) is 5.06 Å². The molecule has 1 saturated heterocycles. The number of aromatic hydroxyl groups is 1. The SMILES string of the molecule is O=C1C(c2ccccc2)=CC(=O)[C@@]2(c3ccccc3)[C@@H](c3ccc(O)c(F)c3)C3=CC[C@@H]4C(=O)N(O)C(=O)[C@@H]4[C@@H]3C[C@@H]12. The number of hydrogen-bond donors (Lipinski definition) is 2. The third kappa shape index (κ3) is 3.48. The molecule has 0 unspecified atom stereocenters. The number of amides is 2. The minimum absolute atomic E-state index is 0.0839. The summed E-state index contributed by atoms with van der Waals surface area (Å²) < 4.78 is 15.0. The highest BCUT2D eigenvalue weighted by Crippen LogP contribution is 2.63. The van der Waals surface area contributed by atoms with Crippen molar-refractivity contribution in [3.05, 3.63) is 119 Å².